The van der Waals surface area contributed by atoms with Crippen molar-refractivity contribution in [1.82, 2.24) is 4.90 Å². The summed E-state index contributed by atoms with van der Waals surface area (Å²) in [5, 5.41) is 1.61. The summed E-state index contributed by atoms with van der Waals surface area (Å²) in [4.78, 5) is 14.2. The molecular weight excluding hydrogens is 349 g/mol. The second kappa shape index (κ2) is 6.16. The molecule has 0 spiro atoms. The fraction of sp³-hybridized carbons (Fsp3) is 0.320. The number of likely N-dealkylation sites (N-methyl/N-ethyl adjacent to an activating group) is 1. The van der Waals surface area contributed by atoms with Gasteiger partial charge in [0.25, 0.3) is 0 Å². The summed E-state index contributed by atoms with van der Waals surface area (Å²) in [5.74, 6) is 0.0860. The maximum absolute atomic E-state index is 14.2. The van der Waals surface area contributed by atoms with Gasteiger partial charge in [0.1, 0.15) is 5.82 Å². The standard InChI is InChI=1S/C25H24FNO/c1-25-14-13-24(28)27(2)23(25)12-8-17-15-16(7-10-21(17)25)18-9-11-22(26)20-6-4-3-5-19(18)20/h3-7,9-11,15,23H,8,12-14H2,1-2H3/t23?,25-/m1/s1. The average molecular weight is 373 g/mol. The SMILES string of the molecule is CN1C(=O)CC[C@]2(C)c3ccc(-c4ccc(F)c5ccccc45)cc3CCC12. The van der Waals surface area contributed by atoms with Gasteiger partial charge in [-0.3, -0.25) is 4.79 Å². The lowest BCUT2D eigenvalue weighted by Gasteiger charge is -2.50. The zero-order valence-electron chi connectivity index (χ0n) is 16.3. The fourth-order valence-corrected chi connectivity index (χ4v) is 5.47. The van der Waals surface area contributed by atoms with Crippen LogP contribution < -0.4 is 0 Å². The summed E-state index contributed by atoms with van der Waals surface area (Å²) in [5.41, 5.74) is 4.96. The van der Waals surface area contributed by atoms with Crippen LogP contribution in [0.25, 0.3) is 21.9 Å². The van der Waals surface area contributed by atoms with Crippen LogP contribution >= 0.6 is 0 Å². The number of carbonyl (C=O) groups excluding carboxylic acids is 1. The van der Waals surface area contributed by atoms with Crippen LogP contribution in [0.3, 0.4) is 0 Å². The first-order valence-electron chi connectivity index (χ1n) is 10.1. The van der Waals surface area contributed by atoms with Crippen LogP contribution in [0.1, 0.15) is 37.3 Å². The summed E-state index contributed by atoms with van der Waals surface area (Å²) >= 11 is 0. The van der Waals surface area contributed by atoms with Gasteiger partial charge in [-0.1, -0.05) is 55.5 Å². The number of carbonyl (C=O) groups is 1. The fourth-order valence-electron chi connectivity index (χ4n) is 5.47. The van der Waals surface area contributed by atoms with Crippen LogP contribution in [0.15, 0.2) is 54.6 Å². The number of benzene rings is 3. The van der Waals surface area contributed by atoms with Crippen LogP contribution in [-0.4, -0.2) is 23.9 Å². The Hall–Kier alpha value is -2.68. The molecule has 0 aromatic heterocycles. The van der Waals surface area contributed by atoms with Crippen LogP contribution in [0.5, 0.6) is 0 Å². The minimum atomic E-state index is -0.178. The Kier molecular flexibility index (Phi) is 3.84. The maximum Gasteiger partial charge on any atom is 0.222 e. The highest BCUT2D eigenvalue weighted by atomic mass is 19.1. The molecule has 2 nitrogen and oxygen atoms in total. The molecule has 3 aromatic carbocycles. The lowest BCUT2D eigenvalue weighted by atomic mass is 9.63. The third-order valence-corrected chi connectivity index (χ3v) is 7.04. The van der Waals surface area contributed by atoms with Crippen LogP contribution in [-0.2, 0) is 16.6 Å². The molecule has 1 fully saturated rings. The number of rotatable bonds is 1. The molecule has 1 unspecified atom stereocenters. The van der Waals surface area contributed by atoms with Crippen molar-refractivity contribution < 1.29 is 9.18 Å². The van der Waals surface area contributed by atoms with E-state index in [0.29, 0.717) is 11.8 Å². The Bertz CT molecular complexity index is 1100. The van der Waals surface area contributed by atoms with Crippen molar-refractivity contribution in [2.45, 2.75) is 44.1 Å². The zero-order valence-corrected chi connectivity index (χ0v) is 16.3. The van der Waals surface area contributed by atoms with E-state index in [1.807, 2.05) is 42.3 Å². The lowest BCUT2D eigenvalue weighted by molar-refractivity contribution is -0.138. The van der Waals surface area contributed by atoms with Gasteiger partial charge in [0.2, 0.25) is 5.91 Å². The predicted molar refractivity (Wildman–Crippen MR) is 111 cm³/mol. The first kappa shape index (κ1) is 17.4. The van der Waals surface area contributed by atoms with E-state index < -0.39 is 0 Å². The van der Waals surface area contributed by atoms with E-state index in [-0.39, 0.29) is 23.2 Å². The van der Waals surface area contributed by atoms with E-state index in [1.165, 1.54) is 11.1 Å². The highest BCUT2D eigenvalue weighted by Gasteiger charge is 2.46. The Morgan fingerprint density at radius 2 is 1.82 bits per heavy atom. The molecule has 3 heteroatoms. The molecule has 1 saturated heterocycles. The Morgan fingerprint density at radius 1 is 1.04 bits per heavy atom. The van der Waals surface area contributed by atoms with Crippen LogP contribution in [0, 0.1) is 5.82 Å². The van der Waals surface area contributed by atoms with E-state index >= 15 is 0 Å². The van der Waals surface area contributed by atoms with Crippen LogP contribution in [0.4, 0.5) is 4.39 Å². The van der Waals surface area contributed by atoms with Gasteiger partial charge >= 0.3 is 0 Å². The number of likely N-dealkylation sites (tertiary alicyclic amines) is 1. The van der Waals surface area contributed by atoms with Gasteiger partial charge in [0, 0.05) is 30.3 Å². The molecule has 0 bridgehead atoms. The first-order chi connectivity index (χ1) is 13.5. The second-order valence-corrected chi connectivity index (χ2v) is 8.49. The van der Waals surface area contributed by atoms with E-state index in [4.69, 9.17) is 0 Å². The molecular formula is C25H24FNO. The van der Waals surface area contributed by atoms with Gasteiger partial charge in [-0.05, 0) is 53.0 Å². The molecule has 2 aliphatic rings. The zero-order chi connectivity index (χ0) is 19.5. The molecule has 0 N–H and O–H groups in total. The third kappa shape index (κ3) is 2.42. The lowest BCUT2D eigenvalue weighted by Crippen LogP contribution is -2.56. The van der Waals surface area contributed by atoms with Crippen molar-refractivity contribution in [2.75, 3.05) is 7.05 Å². The molecule has 0 radical (unpaired) electrons. The molecule has 5 rings (SSSR count). The number of piperidine rings is 1. The summed E-state index contributed by atoms with van der Waals surface area (Å²) in [7, 11) is 1.95. The van der Waals surface area contributed by atoms with Crippen molar-refractivity contribution in [3.8, 4) is 11.1 Å². The molecule has 142 valence electrons. The second-order valence-electron chi connectivity index (χ2n) is 8.49. The van der Waals surface area contributed by atoms with Gasteiger partial charge < -0.3 is 4.90 Å². The smallest absolute Gasteiger partial charge is 0.222 e. The highest BCUT2D eigenvalue weighted by molar-refractivity contribution is 5.97. The van der Waals surface area contributed by atoms with E-state index in [1.54, 1.807) is 6.07 Å². The molecule has 2 atom stereocenters. The van der Waals surface area contributed by atoms with Crippen molar-refractivity contribution in [3.63, 3.8) is 0 Å². The van der Waals surface area contributed by atoms with Crippen LogP contribution in [0.2, 0.25) is 0 Å². The number of hydrogen-bond donors (Lipinski definition) is 0. The normalized spacial score (nSPS) is 24.2. The number of halogens is 1. The Morgan fingerprint density at radius 3 is 2.64 bits per heavy atom. The Labute approximate surface area is 165 Å². The van der Waals surface area contributed by atoms with Crippen molar-refractivity contribution in [1.29, 1.82) is 0 Å². The van der Waals surface area contributed by atoms with Gasteiger partial charge in [-0.15, -0.1) is 0 Å². The largest absolute Gasteiger partial charge is 0.342 e. The highest BCUT2D eigenvalue weighted by Crippen LogP contribution is 2.46. The average Bonchev–Trinajstić information content (AvgIpc) is 2.71. The monoisotopic (exact) mass is 373 g/mol. The van der Waals surface area contributed by atoms with Crippen molar-refractivity contribution in [3.05, 3.63) is 71.5 Å². The minimum absolute atomic E-state index is 0.0135. The van der Waals surface area contributed by atoms with Gasteiger partial charge in [-0.25, -0.2) is 4.39 Å². The molecule has 1 heterocycles. The summed E-state index contributed by atoms with van der Waals surface area (Å²) in [6.07, 6.45) is 3.50. The summed E-state index contributed by atoms with van der Waals surface area (Å²) < 4.78 is 14.2. The van der Waals surface area contributed by atoms with Gasteiger partial charge in [0.05, 0.1) is 0 Å². The van der Waals surface area contributed by atoms with Crippen molar-refractivity contribution >= 4 is 16.7 Å². The summed E-state index contributed by atoms with van der Waals surface area (Å²) in [6, 6.07) is 18.1. The maximum atomic E-state index is 14.2. The third-order valence-electron chi connectivity index (χ3n) is 7.04. The number of nitrogens with zero attached hydrogens (tertiary/aromatic N) is 1. The molecule has 28 heavy (non-hydrogen) atoms. The predicted octanol–water partition coefficient (Wildman–Crippen LogP) is 5.47. The molecule has 3 aromatic rings. The number of hydrogen-bond acceptors (Lipinski definition) is 1. The molecule has 1 aliphatic heterocycles. The van der Waals surface area contributed by atoms with Gasteiger partial charge in [-0.2, -0.15) is 0 Å². The quantitative estimate of drug-likeness (QED) is 0.554. The Balaban J connectivity index is 1.62. The number of fused-ring (bicyclic) bond motifs is 4. The van der Waals surface area contributed by atoms with E-state index in [9.17, 15) is 9.18 Å². The summed E-state index contributed by atoms with van der Waals surface area (Å²) in [6.45, 7) is 2.31. The molecule has 0 saturated carbocycles. The minimum Gasteiger partial charge on any atom is -0.342 e. The topological polar surface area (TPSA) is 20.3 Å². The first-order valence-corrected chi connectivity index (χ1v) is 10.1. The van der Waals surface area contributed by atoms with Gasteiger partial charge in [0.15, 0.2) is 0 Å². The molecule has 1 amide bonds. The number of aryl methyl sites for hydroxylation is 1. The van der Waals surface area contributed by atoms with E-state index in [0.717, 1.165) is 35.8 Å². The van der Waals surface area contributed by atoms with E-state index in [2.05, 4.69) is 25.1 Å². The van der Waals surface area contributed by atoms with Crippen molar-refractivity contribution in [2.24, 2.45) is 0 Å². The molecule has 1 aliphatic carbocycles. The number of amides is 1.